The maximum absolute atomic E-state index is 12.5. The SMILES string of the molecule is CCSC1=C(C(=O)O)N2C(=O)C(O[SiH2]C(C)(C)C)[C@@]2(CC)S1. The summed E-state index contributed by atoms with van der Waals surface area (Å²) in [7, 11) is -0.870. The molecule has 2 atom stereocenters. The number of hydrogen-bond acceptors (Lipinski definition) is 5. The first-order valence-electron chi connectivity index (χ1n) is 7.43. The van der Waals surface area contributed by atoms with Crippen molar-refractivity contribution in [2.45, 2.75) is 57.1 Å². The summed E-state index contributed by atoms with van der Waals surface area (Å²) in [6, 6.07) is 0. The molecule has 0 bridgehead atoms. The molecule has 1 fully saturated rings. The molecule has 0 aliphatic carbocycles. The minimum absolute atomic E-state index is 0.100. The highest BCUT2D eigenvalue weighted by molar-refractivity contribution is 8.23. The lowest BCUT2D eigenvalue weighted by atomic mass is 9.94. The van der Waals surface area contributed by atoms with E-state index in [0.717, 1.165) is 9.99 Å². The number of carbonyl (C=O) groups excluding carboxylic acids is 1. The summed E-state index contributed by atoms with van der Waals surface area (Å²) in [6.07, 6.45) is 0.176. The molecule has 0 aromatic carbocycles. The summed E-state index contributed by atoms with van der Waals surface area (Å²) in [5, 5.41) is 9.60. The molecular formula is C14H23NO4S2Si. The number of nitrogens with zero attached hydrogens (tertiary/aromatic N) is 1. The number of carboxylic acid groups (broad SMARTS) is 1. The fourth-order valence-corrected chi connectivity index (χ4v) is 6.70. The molecular weight excluding hydrogens is 338 g/mol. The van der Waals surface area contributed by atoms with E-state index in [1.54, 1.807) is 0 Å². The van der Waals surface area contributed by atoms with Crippen LogP contribution in [-0.4, -0.2) is 48.4 Å². The van der Waals surface area contributed by atoms with Crippen LogP contribution in [0.1, 0.15) is 41.0 Å². The zero-order chi connectivity index (χ0) is 16.7. The Hall–Kier alpha value is -0.443. The molecule has 2 rings (SSSR count). The van der Waals surface area contributed by atoms with Gasteiger partial charge < -0.3 is 9.53 Å². The summed E-state index contributed by atoms with van der Waals surface area (Å²) in [5.74, 6) is -0.447. The number of β-lactam (4-membered cyclic amide) rings is 1. The lowest BCUT2D eigenvalue weighted by Crippen LogP contribution is -2.71. The van der Waals surface area contributed by atoms with E-state index in [-0.39, 0.29) is 16.6 Å². The Morgan fingerprint density at radius 2 is 2.14 bits per heavy atom. The number of thioether (sulfide) groups is 2. The quantitative estimate of drug-likeness (QED) is 0.579. The smallest absolute Gasteiger partial charge is 0.354 e. The number of carbonyl (C=O) groups is 2. The molecule has 124 valence electrons. The van der Waals surface area contributed by atoms with Gasteiger partial charge in [-0.2, -0.15) is 0 Å². The van der Waals surface area contributed by atoms with Crippen LogP contribution in [0.4, 0.5) is 0 Å². The van der Waals surface area contributed by atoms with Crippen LogP contribution < -0.4 is 0 Å². The van der Waals surface area contributed by atoms with Gasteiger partial charge in [0.2, 0.25) is 0 Å². The van der Waals surface area contributed by atoms with Gasteiger partial charge in [0.15, 0.2) is 21.6 Å². The number of carboxylic acids is 1. The minimum atomic E-state index is -1.03. The van der Waals surface area contributed by atoms with Crippen LogP contribution in [0.25, 0.3) is 0 Å². The Balaban J connectivity index is 2.26. The largest absolute Gasteiger partial charge is 0.477 e. The van der Waals surface area contributed by atoms with Crippen molar-refractivity contribution in [3.63, 3.8) is 0 Å². The molecule has 1 unspecified atom stereocenters. The Bertz CT molecular complexity index is 531. The second-order valence-electron chi connectivity index (χ2n) is 6.60. The molecule has 0 aromatic heterocycles. The fourth-order valence-electron chi connectivity index (χ4n) is 2.61. The number of amides is 1. The van der Waals surface area contributed by atoms with Gasteiger partial charge in [0.25, 0.3) is 5.91 Å². The van der Waals surface area contributed by atoms with Crippen LogP contribution in [0, 0.1) is 0 Å². The standard InChI is InChI=1S/C14H23NO4S2Si/c1-6-14-9(19-22-13(3,4)5)10(16)15(14)8(11(17)18)12(21-14)20-7-2/h9H,6-7,22H2,1-5H3,(H,17,18)/t9?,14-/m1/s1. The Morgan fingerprint density at radius 1 is 1.50 bits per heavy atom. The topological polar surface area (TPSA) is 66.8 Å². The average molecular weight is 362 g/mol. The summed E-state index contributed by atoms with van der Waals surface area (Å²) in [6.45, 7) is 10.3. The molecule has 5 nitrogen and oxygen atoms in total. The molecule has 2 aliphatic rings. The lowest BCUT2D eigenvalue weighted by molar-refractivity contribution is -0.166. The average Bonchev–Trinajstić information content (AvgIpc) is 2.69. The summed E-state index contributed by atoms with van der Waals surface area (Å²) in [5.41, 5.74) is 0.140. The first-order valence-corrected chi connectivity index (χ1v) is 10.5. The van der Waals surface area contributed by atoms with Gasteiger partial charge in [0.05, 0.1) is 4.24 Å². The summed E-state index contributed by atoms with van der Waals surface area (Å²) in [4.78, 5) is 25.0. The third kappa shape index (κ3) is 2.86. The van der Waals surface area contributed by atoms with Gasteiger partial charge in [-0.1, -0.05) is 46.4 Å². The molecule has 0 saturated carbocycles. The number of hydrogen-bond donors (Lipinski definition) is 1. The van der Waals surface area contributed by atoms with E-state index in [1.807, 2.05) is 13.8 Å². The van der Waals surface area contributed by atoms with Crippen LogP contribution in [-0.2, 0) is 14.0 Å². The van der Waals surface area contributed by atoms with Gasteiger partial charge in [0, 0.05) is 0 Å². The van der Waals surface area contributed by atoms with E-state index >= 15 is 0 Å². The molecule has 1 saturated heterocycles. The molecule has 1 N–H and O–H groups in total. The molecule has 0 spiro atoms. The number of fused-ring (bicyclic) bond motifs is 1. The highest BCUT2D eigenvalue weighted by atomic mass is 32.2. The van der Waals surface area contributed by atoms with Gasteiger partial charge in [-0.25, -0.2) is 4.79 Å². The second kappa shape index (κ2) is 6.22. The molecule has 0 radical (unpaired) electrons. The second-order valence-corrected chi connectivity index (χ2v) is 12.2. The van der Waals surface area contributed by atoms with Crippen molar-refractivity contribution in [3.8, 4) is 0 Å². The van der Waals surface area contributed by atoms with Crippen LogP contribution in [0.5, 0.6) is 0 Å². The maximum Gasteiger partial charge on any atom is 0.354 e. The predicted molar refractivity (Wildman–Crippen MR) is 93.4 cm³/mol. The third-order valence-electron chi connectivity index (χ3n) is 3.59. The van der Waals surface area contributed by atoms with Crippen molar-refractivity contribution in [1.29, 1.82) is 0 Å². The molecule has 22 heavy (non-hydrogen) atoms. The van der Waals surface area contributed by atoms with Crippen LogP contribution in [0.3, 0.4) is 0 Å². The summed E-state index contributed by atoms with van der Waals surface area (Å²) < 4.78 is 6.75. The maximum atomic E-state index is 12.5. The van der Waals surface area contributed by atoms with Crippen molar-refractivity contribution >= 4 is 45.2 Å². The van der Waals surface area contributed by atoms with Crippen molar-refractivity contribution in [3.05, 3.63) is 9.93 Å². The summed E-state index contributed by atoms with van der Waals surface area (Å²) >= 11 is 2.98. The van der Waals surface area contributed by atoms with Crippen molar-refractivity contribution in [1.82, 2.24) is 4.90 Å². The molecule has 1 amide bonds. The predicted octanol–water partition coefficient (Wildman–Crippen LogP) is 2.38. The fraction of sp³-hybridized carbons (Fsp3) is 0.714. The normalized spacial score (nSPS) is 28.5. The minimum Gasteiger partial charge on any atom is -0.477 e. The van der Waals surface area contributed by atoms with E-state index < -0.39 is 26.7 Å². The molecule has 2 aliphatic heterocycles. The van der Waals surface area contributed by atoms with Crippen molar-refractivity contribution < 1.29 is 19.1 Å². The van der Waals surface area contributed by atoms with E-state index in [2.05, 4.69) is 20.8 Å². The first-order chi connectivity index (χ1) is 10.2. The zero-order valence-electron chi connectivity index (χ0n) is 13.6. The Morgan fingerprint density at radius 3 is 2.59 bits per heavy atom. The Labute approximate surface area is 142 Å². The first kappa shape index (κ1) is 17.9. The highest BCUT2D eigenvalue weighted by Gasteiger charge is 2.67. The van der Waals surface area contributed by atoms with Gasteiger partial charge >= 0.3 is 5.97 Å². The third-order valence-corrected chi connectivity index (χ3v) is 7.72. The monoisotopic (exact) mass is 361 g/mol. The van der Waals surface area contributed by atoms with Crippen molar-refractivity contribution in [2.24, 2.45) is 0 Å². The van der Waals surface area contributed by atoms with Crippen LogP contribution in [0.2, 0.25) is 5.04 Å². The molecule has 2 heterocycles. The number of aliphatic carboxylic acids is 1. The van der Waals surface area contributed by atoms with E-state index in [1.165, 1.54) is 28.4 Å². The number of rotatable bonds is 6. The van der Waals surface area contributed by atoms with E-state index in [9.17, 15) is 14.7 Å². The van der Waals surface area contributed by atoms with Gasteiger partial charge in [-0.3, -0.25) is 9.69 Å². The molecule has 0 aromatic rings. The highest BCUT2D eigenvalue weighted by Crippen LogP contribution is 2.60. The molecule has 8 heteroatoms. The van der Waals surface area contributed by atoms with Gasteiger partial charge in [-0.05, 0) is 17.2 Å². The Kier molecular flexibility index (Phi) is 5.06. The van der Waals surface area contributed by atoms with Crippen LogP contribution in [0.15, 0.2) is 9.93 Å². The zero-order valence-corrected chi connectivity index (χ0v) is 16.7. The van der Waals surface area contributed by atoms with Crippen LogP contribution >= 0.6 is 23.5 Å². The van der Waals surface area contributed by atoms with Gasteiger partial charge in [0.1, 0.15) is 4.87 Å². The van der Waals surface area contributed by atoms with Crippen molar-refractivity contribution in [2.75, 3.05) is 5.75 Å². The van der Waals surface area contributed by atoms with Gasteiger partial charge in [-0.15, -0.1) is 11.8 Å². The van der Waals surface area contributed by atoms with E-state index in [0.29, 0.717) is 6.42 Å². The lowest BCUT2D eigenvalue weighted by Gasteiger charge is -2.52. The van der Waals surface area contributed by atoms with E-state index in [4.69, 9.17) is 4.43 Å².